The summed E-state index contributed by atoms with van der Waals surface area (Å²) >= 11 is 0. The molecule has 0 heterocycles. The smallest absolute Gasteiger partial charge is 0.336 e. The summed E-state index contributed by atoms with van der Waals surface area (Å²) < 4.78 is 22.9. The first-order chi connectivity index (χ1) is 34.4. The lowest BCUT2D eigenvalue weighted by Crippen LogP contribution is -2.56. The Morgan fingerprint density at radius 3 is 1.22 bits per heavy atom. The van der Waals surface area contributed by atoms with Gasteiger partial charge in [-0.3, -0.25) is 19.2 Å². The van der Waals surface area contributed by atoms with Gasteiger partial charge in [0.05, 0.1) is 24.5 Å². The summed E-state index contributed by atoms with van der Waals surface area (Å²) in [7, 11) is 3.02. The average Bonchev–Trinajstić information content (AvgIpc) is 3.30. The predicted molar refractivity (Wildman–Crippen MR) is 288 cm³/mol. The zero-order valence-electron chi connectivity index (χ0n) is 46.3. The second-order valence-electron chi connectivity index (χ2n) is 22.9. The minimum Gasteiger partial charge on any atom is -0.458 e. The molecule has 0 fully saturated rings. The first-order valence-corrected chi connectivity index (χ1v) is 25.4. The number of hydrogen-bond donors (Lipinski definition) is 6. The highest BCUT2D eigenvalue weighted by atomic mass is 16.6. The van der Waals surface area contributed by atoms with Gasteiger partial charge in [-0.1, -0.05) is 126 Å². The van der Waals surface area contributed by atoms with Crippen molar-refractivity contribution >= 4 is 57.1 Å². The topological polar surface area (TPSA) is 228 Å². The third kappa shape index (κ3) is 20.1. The van der Waals surface area contributed by atoms with E-state index < -0.39 is 88.0 Å². The molecule has 74 heavy (non-hydrogen) atoms. The molecule has 408 valence electrons. The van der Waals surface area contributed by atoms with Crippen molar-refractivity contribution in [2.45, 2.75) is 151 Å². The summed E-state index contributed by atoms with van der Waals surface area (Å²) in [5.41, 5.74) is -1.13. The van der Waals surface area contributed by atoms with E-state index >= 15 is 0 Å². The van der Waals surface area contributed by atoms with Crippen molar-refractivity contribution in [3.05, 3.63) is 96.1 Å². The van der Waals surface area contributed by atoms with Crippen LogP contribution in [0.15, 0.2) is 84.9 Å². The number of hydrogen-bond acceptors (Lipinski definition) is 12. The largest absolute Gasteiger partial charge is 0.458 e. The standard InChI is InChI=1S/2C29H42N2O6/c1-18(32)17-36-23(27(35)37-29(5,6)7)22(25(33)31-24(26(34)30-8)28(2,3)4)16-19-13-14-20-11-9-10-12-21(20)15-19;1-28(2,3)24(26(34)30-7)31-25(33)22(18-19-13-14-20-11-8-9-12-21(20)17-19)23(36-16-10-15-32)27(35)37-29(4,5)6/h9-15,18,22-24,32H,16-17H2,1-8H3,(H,30,34)(H,31,33);8-9,11-14,17,22-24,32H,10,15-16,18H2,1-7H3,(H,30,34)(H,31,33)/t18?,22-,23+,24-;22-,23+,24-/m11/s1. The molecule has 0 saturated heterocycles. The zero-order valence-corrected chi connectivity index (χ0v) is 46.3. The van der Waals surface area contributed by atoms with Crippen molar-refractivity contribution in [1.29, 1.82) is 0 Å². The van der Waals surface area contributed by atoms with Crippen LogP contribution < -0.4 is 21.3 Å². The van der Waals surface area contributed by atoms with Crippen molar-refractivity contribution in [1.82, 2.24) is 21.3 Å². The molecule has 4 amide bonds. The van der Waals surface area contributed by atoms with E-state index in [0.717, 1.165) is 32.7 Å². The molecular formula is C58H84N4O12. The third-order valence-corrected chi connectivity index (χ3v) is 11.7. The van der Waals surface area contributed by atoms with E-state index in [9.17, 15) is 39.0 Å². The molecule has 6 N–H and O–H groups in total. The zero-order chi connectivity index (χ0) is 55.8. The molecule has 0 aliphatic carbocycles. The van der Waals surface area contributed by atoms with E-state index in [4.69, 9.17) is 18.9 Å². The summed E-state index contributed by atoms with van der Waals surface area (Å²) in [6.45, 7) is 22.9. The van der Waals surface area contributed by atoms with Crippen molar-refractivity contribution in [2.24, 2.45) is 22.7 Å². The SMILES string of the molecule is CNC(=O)[C@@H](NC(=O)[C@H](Cc1ccc2ccccc2c1)[C@H](OCC(C)O)C(=O)OC(C)(C)C)C(C)(C)C.CNC(=O)[C@@H](NC(=O)[C@H](Cc1ccc2ccccc2c1)[C@H](OCCCO)C(=O)OC(C)(C)C)C(C)(C)C. The fourth-order valence-corrected chi connectivity index (χ4v) is 7.99. The van der Waals surface area contributed by atoms with Gasteiger partial charge in [-0.2, -0.15) is 0 Å². The quantitative estimate of drug-likeness (QED) is 0.0376. The van der Waals surface area contributed by atoms with Gasteiger partial charge in [0.25, 0.3) is 0 Å². The van der Waals surface area contributed by atoms with E-state index in [0.29, 0.717) is 6.42 Å². The normalized spacial score (nSPS) is 14.9. The summed E-state index contributed by atoms with van der Waals surface area (Å²) in [5, 5.41) is 34.2. The molecule has 0 aliphatic rings. The lowest BCUT2D eigenvalue weighted by atomic mass is 9.84. The number of ether oxygens (including phenoxy) is 4. The van der Waals surface area contributed by atoms with E-state index in [1.807, 2.05) is 126 Å². The number of carbonyl (C=O) groups is 6. The Hall–Kier alpha value is -5.94. The molecule has 7 atom stereocenters. The lowest BCUT2D eigenvalue weighted by Gasteiger charge is -2.33. The second-order valence-corrected chi connectivity index (χ2v) is 22.9. The maximum Gasteiger partial charge on any atom is 0.336 e. The Labute approximate surface area is 438 Å². The number of likely N-dealkylation sites (N-methyl/N-ethyl adjacent to an activating group) is 2. The average molecular weight is 1030 g/mol. The maximum absolute atomic E-state index is 13.8. The number of carbonyl (C=O) groups excluding carboxylic acids is 6. The Kier molecular flexibility index (Phi) is 23.2. The maximum atomic E-state index is 13.8. The minimum atomic E-state index is -1.30. The summed E-state index contributed by atoms with van der Waals surface area (Å²) in [4.78, 5) is 79.5. The molecule has 16 heteroatoms. The molecule has 4 aromatic rings. The van der Waals surface area contributed by atoms with Crippen LogP contribution in [0.2, 0.25) is 0 Å². The number of aliphatic hydroxyl groups excluding tert-OH is 2. The second kappa shape index (κ2) is 27.6. The van der Waals surface area contributed by atoms with Crippen LogP contribution >= 0.6 is 0 Å². The number of rotatable bonds is 21. The van der Waals surface area contributed by atoms with Gasteiger partial charge in [0.2, 0.25) is 23.6 Å². The van der Waals surface area contributed by atoms with Crippen LogP contribution in [0.3, 0.4) is 0 Å². The lowest BCUT2D eigenvalue weighted by molar-refractivity contribution is -0.176. The Balaban J connectivity index is 0.000000390. The molecule has 0 saturated carbocycles. The molecule has 0 bridgehead atoms. The molecular weight excluding hydrogens is 945 g/mol. The van der Waals surface area contributed by atoms with Gasteiger partial charge < -0.3 is 50.4 Å². The highest BCUT2D eigenvalue weighted by Crippen LogP contribution is 2.28. The van der Waals surface area contributed by atoms with Gasteiger partial charge in [-0.15, -0.1) is 0 Å². The van der Waals surface area contributed by atoms with Gasteiger partial charge in [0.1, 0.15) is 23.3 Å². The number of benzene rings is 4. The molecule has 0 radical (unpaired) electrons. The van der Waals surface area contributed by atoms with Crippen LogP contribution in [0.4, 0.5) is 0 Å². The first kappa shape index (κ1) is 62.4. The first-order valence-electron chi connectivity index (χ1n) is 25.4. The van der Waals surface area contributed by atoms with Crippen molar-refractivity contribution < 1.29 is 57.9 Å². The molecule has 0 aromatic heterocycles. The molecule has 4 rings (SSSR count). The highest BCUT2D eigenvalue weighted by Gasteiger charge is 2.43. The highest BCUT2D eigenvalue weighted by molar-refractivity contribution is 5.93. The van der Waals surface area contributed by atoms with Crippen molar-refractivity contribution in [3.63, 3.8) is 0 Å². The van der Waals surface area contributed by atoms with Crippen molar-refractivity contribution in [2.75, 3.05) is 33.9 Å². The Morgan fingerprint density at radius 2 is 0.892 bits per heavy atom. The molecule has 1 unspecified atom stereocenters. The number of amides is 4. The van der Waals surface area contributed by atoms with Crippen molar-refractivity contribution in [3.8, 4) is 0 Å². The molecule has 4 aromatic carbocycles. The molecule has 0 aliphatic heterocycles. The summed E-state index contributed by atoms with van der Waals surface area (Å²) in [6.07, 6.45) is -2.75. The van der Waals surface area contributed by atoms with Gasteiger partial charge in [0, 0.05) is 27.3 Å². The number of aliphatic hydroxyl groups is 2. The van der Waals surface area contributed by atoms with Crippen LogP contribution in [0, 0.1) is 22.7 Å². The van der Waals surface area contributed by atoms with Crippen LogP contribution in [0.5, 0.6) is 0 Å². The number of fused-ring (bicyclic) bond motifs is 2. The van der Waals surface area contributed by atoms with Gasteiger partial charge in [-0.25, -0.2) is 9.59 Å². The summed E-state index contributed by atoms with van der Waals surface area (Å²) in [6, 6.07) is 25.8. The minimum absolute atomic E-state index is 0.0695. The molecule has 0 spiro atoms. The predicted octanol–water partition coefficient (Wildman–Crippen LogP) is 6.77. The number of esters is 2. The summed E-state index contributed by atoms with van der Waals surface area (Å²) in [5.74, 6) is -5.06. The van der Waals surface area contributed by atoms with E-state index in [1.54, 1.807) is 41.5 Å². The van der Waals surface area contributed by atoms with E-state index in [2.05, 4.69) is 21.3 Å². The molecule has 16 nitrogen and oxygen atoms in total. The van der Waals surface area contributed by atoms with Crippen LogP contribution in [0.25, 0.3) is 21.5 Å². The Morgan fingerprint density at radius 1 is 0.527 bits per heavy atom. The fourth-order valence-electron chi connectivity index (χ4n) is 7.99. The third-order valence-electron chi connectivity index (χ3n) is 11.7. The van der Waals surface area contributed by atoms with Crippen LogP contribution in [0.1, 0.15) is 108 Å². The van der Waals surface area contributed by atoms with Gasteiger partial charge in [0.15, 0.2) is 12.2 Å². The van der Waals surface area contributed by atoms with E-state index in [1.165, 1.54) is 21.0 Å². The van der Waals surface area contributed by atoms with Gasteiger partial charge >= 0.3 is 11.9 Å². The van der Waals surface area contributed by atoms with Crippen LogP contribution in [-0.4, -0.2) is 121 Å². The monoisotopic (exact) mass is 1030 g/mol. The van der Waals surface area contributed by atoms with Gasteiger partial charge in [-0.05, 0) is 111 Å². The van der Waals surface area contributed by atoms with E-state index in [-0.39, 0.29) is 44.5 Å². The van der Waals surface area contributed by atoms with Crippen LogP contribution in [-0.2, 0) is 60.6 Å². The fraction of sp³-hybridized carbons (Fsp3) is 0.552. The number of nitrogens with one attached hydrogen (secondary N) is 4. The Bertz CT molecular complexity index is 2500.